The van der Waals surface area contributed by atoms with Gasteiger partial charge >= 0.3 is 5.97 Å². The molecule has 0 aromatic heterocycles. The molecule has 0 spiro atoms. The second-order valence-electron chi connectivity index (χ2n) is 5.86. The Labute approximate surface area is 136 Å². The van der Waals surface area contributed by atoms with E-state index in [9.17, 15) is 24.6 Å². The molecule has 0 saturated carbocycles. The summed E-state index contributed by atoms with van der Waals surface area (Å²) in [6, 6.07) is 6.42. The lowest BCUT2D eigenvalue weighted by Gasteiger charge is -2.55. The van der Waals surface area contributed by atoms with Gasteiger partial charge in [-0.25, -0.2) is 4.79 Å². The molecule has 2 heterocycles. The molecule has 1 aromatic carbocycles. The highest BCUT2D eigenvalue weighted by Crippen LogP contribution is 2.42. The molecule has 0 aliphatic carbocycles. The van der Waals surface area contributed by atoms with Gasteiger partial charge in [0.2, 0.25) is 5.91 Å². The molecule has 8 heteroatoms. The normalized spacial score (nSPS) is 32.7. The van der Waals surface area contributed by atoms with Crippen molar-refractivity contribution in [3.63, 3.8) is 0 Å². The number of nitrogens with one attached hydrogen (secondary N) is 1. The maximum absolute atomic E-state index is 12.3. The fraction of sp³-hybridized carbons (Fsp3) is 0.400. The van der Waals surface area contributed by atoms with E-state index in [-0.39, 0.29) is 11.7 Å². The third-order valence-electron chi connectivity index (χ3n) is 4.05. The fourth-order valence-corrected chi connectivity index (χ4v) is 4.33. The van der Waals surface area contributed by atoms with Crippen LogP contribution in [0.5, 0.6) is 0 Å². The summed E-state index contributed by atoms with van der Waals surface area (Å²) in [7, 11) is 0. The number of carbonyl (C=O) groups is 3. The number of aliphatic carboxylic acids is 1. The molecule has 2 aliphatic rings. The quantitative estimate of drug-likeness (QED) is 0.666. The number of β-lactam (4-membered cyclic amide) rings is 1. The van der Waals surface area contributed by atoms with Crippen LogP contribution in [0.25, 0.3) is 0 Å². The van der Waals surface area contributed by atoms with Gasteiger partial charge in [-0.05, 0) is 19.1 Å². The third-order valence-corrected chi connectivity index (χ3v) is 5.64. The smallest absolute Gasteiger partial charge is 0.329 e. The summed E-state index contributed by atoms with van der Waals surface area (Å²) < 4.78 is 0. The predicted octanol–water partition coefficient (Wildman–Crippen LogP) is -0.0957. The van der Waals surface area contributed by atoms with Crippen LogP contribution in [0.15, 0.2) is 30.3 Å². The lowest BCUT2D eigenvalue weighted by molar-refractivity contribution is -0.173. The molecule has 0 bridgehead atoms. The number of carboxylic acid groups (broad SMARTS) is 1. The highest BCUT2D eigenvalue weighted by molar-refractivity contribution is 8.00. The average Bonchev–Trinajstić information content (AvgIpc) is 2.52. The number of hydrogen-bond acceptors (Lipinski definition) is 5. The lowest BCUT2D eigenvalue weighted by atomic mass is 9.91. The Morgan fingerprint density at radius 2 is 2.00 bits per heavy atom. The minimum Gasteiger partial charge on any atom is -0.480 e. The summed E-state index contributed by atoms with van der Waals surface area (Å²) in [6.07, 6.45) is 0. The van der Waals surface area contributed by atoms with Crippen LogP contribution in [0.4, 0.5) is 0 Å². The number of fused-ring (bicyclic) bond motifs is 1. The van der Waals surface area contributed by atoms with Crippen molar-refractivity contribution in [2.45, 2.75) is 30.0 Å². The summed E-state index contributed by atoms with van der Waals surface area (Å²) in [5.41, 5.74) is -1.07. The van der Waals surface area contributed by atoms with E-state index in [2.05, 4.69) is 5.32 Å². The van der Waals surface area contributed by atoms with Crippen molar-refractivity contribution in [1.82, 2.24) is 10.2 Å². The molecule has 2 amide bonds. The number of aliphatic hydroxyl groups is 1. The highest BCUT2D eigenvalue weighted by Gasteiger charge is 2.61. The van der Waals surface area contributed by atoms with Crippen molar-refractivity contribution in [3.05, 3.63) is 35.9 Å². The van der Waals surface area contributed by atoms with Gasteiger partial charge in [0.05, 0.1) is 0 Å². The van der Waals surface area contributed by atoms with Gasteiger partial charge in [-0.2, -0.15) is 0 Å². The van der Waals surface area contributed by atoms with Gasteiger partial charge in [0.1, 0.15) is 17.0 Å². The number of hydrogen-bond donors (Lipinski definition) is 3. The first-order valence-corrected chi connectivity index (χ1v) is 8.12. The highest BCUT2D eigenvalue weighted by atomic mass is 32.2. The van der Waals surface area contributed by atoms with Crippen molar-refractivity contribution in [2.24, 2.45) is 0 Å². The molecular formula is C15H16N2O5S. The van der Waals surface area contributed by atoms with E-state index < -0.39 is 34.9 Å². The molecule has 4 atom stereocenters. The Morgan fingerprint density at radius 1 is 1.35 bits per heavy atom. The van der Waals surface area contributed by atoms with Crippen LogP contribution in [-0.4, -0.2) is 61.7 Å². The van der Waals surface area contributed by atoms with Crippen LogP contribution in [0.3, 0.4) is 0 Å². The Bertz CT molecular complexity index is 663. The van der Waals surface area contributed by atoms with E-state index in [1.165, 1.54) is 18.7 Å². The standard InChI is InChI=1S/C15H16N2O5S/c1-15(22)7-23-13-9(12(19)17(13)10(15)14(20)21)16-11(18)8-5-3-2-4-6-8/h2-6,9-10,13,22H,7H2,1H3,(H,16,18)(H,20,21)/t9?,10?,13-,15?/m1/s1. The van der Waals surface area contributed by atoms with Crippen molar-refractivity contribution in [2.75, 3.05) is 5.75 Å². The number of thioether (sulfide) groups is 1. The largest absolute Gasteiger partial charge is 0.480 e. The number of carboxylic acids is 1. The third kappa shape index (κ3) is 2.57. The zero-order valence-electron chi connectivity index (χ0n) is 12.3. The van der Waals surface area contributed by atoms with Crippen LogP contribution in [0.1, 0.15) is 17.3 Å². The molecule has 0 radical (unpaired) electrons. The lowest BCUT2D eigenvalue weighted by Crippen LogP contribution is -2.78. The number of amides is 2. The molecule has 2 saturated heterocycles. The van der Waals surface area contributed by atoms with Gasteiger partial charge in [0, 0.05) is 11.3 Å². The number of rotatable bonds is 3. The first-order chi connectivity index (χ1) is 10.8. The van der Waals surface area contributed by atoms with E-state index in [0.717, 1.165) is 4.90 Å². The van der Waals surface area contributed by atoms with E-state index in [1.54, 1.807) is 30.3 Å². The second-order valence-corrected chi connectivity index (χ2v) is 6.97. The van der Waals surface area contributed by atoms with E-state index >= 15 is 0 Å². The summed E-state index contributed by atoms with van der Waals surface area (Å²) in [5, 5.41) is 21.7. The SMILES string of the molecule is CC1(O)CS[C@@H]2C(NC(=O)c3ccccc3)C(=O)N2C1C(=O)O. The molecule has 3 unspecified atom stereocenters. The first-order valence-electron chi connectivity index (χ1n) is 7.08. The summed E-state index contributed by atoms with van der Waals surface area (Å²) in [6.45, 7) is 1.40. The minimum atomic E-state index is -1.50. The Morgan fingerprint density at radius 3 is 2.61 bits per heavy atom. The number of carbonyl (C=O) groups excluding carboxylic acids is 2. The Kier molecular flexibility index (Phi) is 3.81. The predicted molar refractivity (Wildman–Crippen MR) is 82.8 cm³/mol. The van der Waals surface area contributed by atoms with Crippen molar-refractivity contribution in [1.29, 1.82) is 0 Å². The molecule has 7 nitrogen and oxygen atoms in total. The molecular weight excluding hydrogens is 320 g/mol. The van der Waals surface area contributed by atoms with Gasteiger partial charge in [-0.15, -0.1) is 11.8 Å². The fourth-order valence-electron chi connectivity index (χ4n) is 2.90. The van der Waals surface area contributed by atoms with Crippen LogP contribution in [0, 0.1) is 0 Å². The topological polar surface area (TPSA) is 107 Å². The van der Waals surface area contributed by atoms with Crippen LogP contribution in [0.2, 0.25) is 0 Å². The second kappa shape index (κ2) is 5.54. The maximum Gasteiger partial charge on any atom is 0.329 e. The maximum atomic E-state index is 12.3. The van der Waals surface area contributed by atoms with E-state index in [4.69, 9.17) is 0 Å². The Hall–Kier alpha value is -2.06. The summed E-state index contributed by atoms with van der Waals surface area (Å²) >= 11 is 1.27. The van der Waals surface area contributed by atoms with E-state index in [1.807, 2.05) is 0 Å². The minimum absolute atomic E-state index is 0.177. The molecule has 2 fully saturated rings. The zero-order chi connectivity index (χ0) is 16.8. The van der Waals surface area contributed by atoms with Crippen molar-refractivity contribution in [3.8, 4) is 0 Å². The van der Waals surface area contributed by atoms with Gasteiger partial charge in [-0.1, -0.05) is 18.2 Å². The molecule has 1 aromatic rings. The Balaban J connectivity index is 1.75. The van der Waals surface area contributed by atoms with Gasteiger partial charge in [0.25, 0.3) is 5.91 Å². The molecule has 2 aliphatic heterocycles. The zero-order valence-corrected chi connectivity index (χ0v) is 13.1. The molecule has 23 heavy (non-hydrogen) atoms. The number of benzene rings is 1. The molecule has 3 N–H and O–H groups in total. The van der Waals surface area contributed by atoms with Crippen LogP contribution >= 0.6 is 11.8 Å². The van der Waals surface area contributed by atoms with Gasteiger partial charge in [0.15, 0.2) is 6.04 Å². The van der Waals surface area contributed by atoms with Crippen LogP contribution in [-0.2, 0) is 9.59 Å². The van der Waals surface area contributed by atoms with Gasteiger partial charge in [-0.3, -0.25) is 9.59 Å². The monoisotopic (exact) mass is 336 g/mol. The molecule has 3 rings (SSSR count). The van der Waals surface area contributed by atoms with Gasteiger partial charge < -0.3 is 20.4 Å². The number of nitrogens with zero attached hydrogens (tertiary/aromatic N) is 1. The molecule has 122 valence electrons. The summed E-state index contributed by atoms with van der Waals surface area (Å²) in [4.78, 5) is 37.0. The summed E-state index contributed by atoms with van der Waals surface area (Å²) in [5.74, 6) is -1.94. The van der Waals surface area contributed by atoms with Crippen molar-refractivity contribution < 1.29 is 24.6 Å². The first kappa shape index (κ1) is 15.8. The van der Waals surface area contributed by atoms with Crippen LogP contribution < -0.4 is 5.32 Å². The van der Waals surface area contributed by atoms with Crippen molar-refractivity contribution >= 4 is 29.5 Å². The average molecular weight is 336 g/mol. The van der Waals surface area contributed by atoms with E-state index in [0.29, 0.717) is 5.56 Å².